The molecule has 0 amide bonds. The molecule has 0 radical (unpaired) electrons. The Bertz CT molecular complexity index is 1450. The van der Waals surface area contributed by atoms with Crippen LogP contribution < -0.4 is 0 Å². The van der Waals surface area contributed by atoms with E-state index < -0.39 is 21.3 Å². The van der Waals surface area contributed by atoms with Crippen molar-refractivity contribution in [2.75, 3.05) is 6.26 Å². The average Bonchev–Trinajstić information content (AvgIpc) is 3.32. The Morgan fingerprint density at radius 1 is 1.06 bits per heavy atom. The van der Waals surface area contributed by atoms with Crippen molar-refractivity contribution in [1.29, 1.82) is 0 Å². The van der Waals surface area contributed by atoms with Gasteiger partial charge in [-0.25, -0.2) is 17.5 Å². The van der Waals surface area contributed by atoms with Gasteiger partial charge in [0.1, 0.15) is 28.5 Å². The van der Waals surface area contributed by atoms with Crippen molar-refractivity contribution in [3.63, 3.8) is 0 Å². The molecular formula is C23H19Cl2FN2O3S2. The highest BCUT2D eigenvalue weighted by atomic mass is 35.5. The van der Waals surface area contributed by atoms with Gasteiger partial charge in [0, 0.05) is 11.1 Å². The van der Waals surface area contributed by atoms with Crippen LogP contribution in [0.2, 0.25) is 10.0 Å². The number of hydrogen-bond donors (Lipinski definition) is 1. The van der Waals surface area contributed by atoms with Crippen molar-refractivity contribution in [3.05, 3.63) is 76.2 Å². The lowest BCUT2D eigenvalue weighted by molar-refractivity contribution is 0.0735. The number of aromatic nitrogens is 2. The Kier molecular flexibility index (Phi) is 6.18. The second kappa shape index (κ2) is 8.52. The smallest absolute Gasteiger partial charge is 0.175 e. The van der Waals surface area contributed by atoms with Crippen LogP contribution >= 0.6 is 34.5 Å². The highest BCUT2D eigenvalue weighted by Crippen LogP contribution is 2.43. The Hall–Kier alpha value is -2.23. The van der Waals surface area contributed by atoms with Gasteiger partial charge in [0.15, 0.2) is 9.84 Å². The van der Waals surface area contributed by atoms with Gasteiger partial charge >= 0.3 is 0 Å². The van der Waals surface area contributed by atoms with Crippen molar-refractivity contribution in [2.24, 2.45) is 0 Å². The zero-order valence-corrected chi connectivity index (χ0v) is 20.9. The van der Waals surface area contributed by atoms with Gasteiger partial charge in [-0.05, 0) is 55.8 Å². The molecule has 0 fully saturated rings. The number of nitrogens with zero attached hydrogens (tertiary/aromatic N) is 2. The molecule has 10 heteroatoms. The summed E-state index contributed by atoms with van der Waals surface area (Å²) in [7, 11) is -3.37. The summed E-state index contributed by atoms with van der Waals surface area (Å²) < 4.78 is 40.0. The van der Waals surface area contributed by atoms with E-state index in [9.17, 15) is 17.9 Å². The maximum Gasteiger partial charge on any atom is 0.175 e. The highest BCUT2D eigenvalue weighted by molar-refractivity contribution is 7.90. The molecule has 4 aromatic rings. The van der Waals surface area contributed by atoms with Crippen LogP contribution in [0.15, 0.2) is 59.5 Å². The summed E-state index contributed by atoms with van der Waals surface area (Å²) in [5.74, 6) is -0.595. The Morgan fingerprint density at radius 3 is 2.36 bits per heavy atom. The summed E-state index contributed by atoms with van der Waals surface area (Å²) >= 11 is 14.3. The molecule has 0 aliphatic carbocycles. The predicted molar refractivity (Wildman–Crippen MR) is 131 cm³/mol. The van der Waals surface area contributed by atoms with Gasteiger partial charge in [-0.1, -0.05) is 41.4 Å². The first-order valence-corrected chi connectivity index (χ1v) is 13.2. The summed E-state index contributed by atoms with van der Waals surface area (Å²) in [6.45, 7) is 3.07. The van der Waals surface area contributed by atoms with E-state index in [0.29, 0.717) is 16.1 Å². The Morgan fingerprint density at radius 2 is 1.73 bits per heavy atom. The third-order valence-electron chi connectivity index (χ3n) is 4.94. The van der Waals surface area contributed by atoms with E-state index in [4.69, 9.17) is 23.2 Å². The van der Waals surface area contributed by atoms with E-state index in [-0.39, 0.29) is 26.3 Å². The number of aliphatic hydroxyl groups is 1. The number of hydrogen-bond acceptors (Lipinski definition) is 5. The summed E-state index contributed by atoms with van der Waals surface area (Å²) in [6, 6.07) is 14.5. The van der Waals surface area contributed by atoms with E-state index in [2.05, 4.69) is 5.10 Å². The predicted octanol–water partition coefficient (Wildman–Crippen LogP) is 6.34. The minimum absolute atomic E-state index is 0.0144. The molecule has 5 nitrogen and oxygen atoms in total. The summed E-state index contributed by atoms with van der Waals surface area (Å²) in [5.41, 5.74) is -0.119. The number of rotatable bonds is 5. The van der Waals surface area contributed by atoms with E-state index in [1.54, 1.807) is 30.3 Å². The van der Waals surface area contributed by atoms with E-state index in [1.807, 2.05) is 6.07 Å². The molecule has 1 N–H and O–H groups in total. The molecular weight excluding hydrogens is 506 g/mol. The van der Waals surface area contributed by atoms with Crippen molar-refractivity contribution in [3.8, 4) is 26.7 Å². The Labute approximate surface area is 205 Å². The van der Waals surface area contributed by atoms with E-state index in [1.165, 1.54) is 48.1 Å². The normalized spacial score (nSPS) is 12.3. The third-order valence-corrected chi connectivity index (χ3v) is 7.86. The average molecular weight is 525 g/mol. The molecule has 0 unspecified atom stereocenters. The van der Waals surface area contributed by atoms with Crippen LogP contribution in [0.1, 0.15) is 19.5 Å². The van der Waals surface area contributed by atoms with Crippen molar-refractivity contribution in [1.82, 2.24) is 9.78 Å². The fourth-order valence-electron chi connectivity index (χ4n) is 3.36. The standard InChI is InChI=1S/C23H19Cl2FN2O3S2/c1-23(2,29)22-19(25)21(28(27-22)20-15(24)8-5-9-16(20)26)18-11-10-17(32-18)13-6-4-7-14(12-13)33(3,30)31/h4-12,29H,1-3H3. The molecule has 0 spiro atoms. The van der Waals surface area contributed by atoms with E-state index >= 15 is 0 Å². The first-order valence-electron chi connectivity index (χ1n) is 9.74. The zero-order chi connectivity index (χ0) is 24.1. The molecule has 172 valence electrons. The lowest BCUT2D eigenvalue weighted by Gasteiger charge is -2.14. The minimum Gasteiger partial charge on any atom is -0.384 e. The minimum atomic E-state index is -3.37. The van der Waals surface area contributed by atoms with Crippen LogP contribution in [-0.4, -0.2) is 29.6 Å². The maximum atomic E-state index is 14.8. The van der Waals surface area contributed by atoms with Crippen LogP contribution in [-0.2, 0) is 15.4 Å². The van der Waals surface area contributed by atoms with Gasteiger partial charge in [-0.15, -0.1) is 11.3 Å². The van der Waals surface area contributed by atoms with Crippen molar-refractivity contribution >= 4 is 44.4 Å². The molecule has 0 aliphatic heterocycles. The molecule has 0 atom stereocenters. The number of halogens is 3. The van der Waals surface area contributed by atoms with Gasteiger partial charge < -0.3 is 5.11 Å². The molecule has 0 aliphatic rings. The van der Waals surface area contributed by atoms with Crippen LogP contribution in [0.3, 0.4) is 0 Å². The molecule has 0 saturated carbocycles. The molecule has 0 saturated heterocycles. The SMILES string of the molecule is CC(C)(O)c1nn(-c2c(F)cccc2Cl)c(-c2ccc(-c3cccc(S(C)(=O)=O)c3)s2)c1Cl. The summed E-state index contributed by atoms with van der Waals surface area (Å²) in [4.78, 5) is 1.63. The van der Waals surface area contributed by atoms with Gasteiger partial charge in [0.2, 0.25) is 0 Å². The monoisotopic (exact) mass is 524 g/mol. The summed E-state index contributed by atoms with van der Waals surface area (Å²) in [6.07, 6.45) is 1.15. The third kappa shape index (κ3) is 4.58. The van der Waals surface area contributed by atoms with Crippen LogP contribution in [0.4, 0.5) is 4.39 Å². The molecule has 0 bridgehead atoms. The number of benzene rings is 2. The van der Waals surface area contributed by atoms with Gasteiger partial charge in [0.05, 0.1) is 19.8 Å². The zero-order valence-electron chi connectivity index (χ0n) is 17.8. The fraction of sp³-hybridized carbons (Fsp3) is 0.174. The lowest BCUT2D eigenvalue weighted by atomic mass is 10.1. The molecule has 2 heterocycles. The molecule has 2 aromatic carbocycles. The maximum absolute atomic E-state index is 14.8. The molecule has 2 aromatic heterocycles. The van der Waals surface area contributed by atoms with Gasteiger partial charge in [0.25, 0.3) is 0 Å². The molecule has 4 rings (SSSR count). The first kappa shape index (κ1) is 23.9. The second-order valence-corrected chi connectivity index (χ2v) is 11.9. The Balaban J connectivity index is 1.93. The molecule has 33 heavy (non-hydrogen) atoms. The summed E-state index contributed by atoms with van der Waals surface area (Å²) in [5, 5.41) is 15.3. The largest absolute Gasteiger partial charge is 0.384 e. The van der Waals surface area contributed by atoms with Gasteiger partial charge in [-0.2, -0.15) is 5.10 Å². The van der Waals surface area contributed by atoms with Crippen LogP contribution in [0.5, 0.6) is 0 Å². The van der Waals surface area contributed by atoms with Crippen LogP contribution in [0.25, 0.3) is 26.7 Å². The van der Waals surface area contributed by atoms with E-state index in [0.717, 1.165) is 11.1 Å². The quantitative estimate of drug-likeness (QED) is 0.330. The second-order valence-electron chi connectivity index (χ2n) is 8.02. The van der Waals surface area contributed by atoms with Gasteiger partial charge in [-0.3, -0.25) is 0 Å². The topological polar surface area (TPSA) is 72.2 Å². The number of para-hydroxylation sites is 1. The number of sulfone groups is 1. The first-order chi connectivity index (χ1) is 15.4. The van der Waals surface area contributed by atoms with Crippen molar-refractivity contribution in [2.45, 2.75) is 24.3 Å². The van der Waals surface area contributed by atoms with Crippen LogP contribution in [0, 0.1) is 5.82 Å². The lowest BCUT2D eigenvalue weighted by Crippen LogP contribution is -2.17. The van der Waals surface area contributed by atoms with Crippen molar-refractivity contribution < 1.29 is 17.9 Å². The fourth-order valence-corrected chi connectivity index (χ4v) is 5.81. The highest BCUT2D eigenvalue weighted by Gasteiger charge is 2.30. The number of thiophene rings is 1.